The zero-order valence-electron chi connectivity index (χ0n) is 13.9. The van der Waals surface area contributed by atoms with Crippen LogP contribution in [0.3, 0.4) is 0 Å². The Morgan fingerprint density at radius 3 is 2.17 bits per heavy atom. The average molecular weight is 359 g/mol. The molecule has 1 amide bonds. The van der Waals surface area contributed by atoms with Crippen LogP contribution in [-0.4, -0.2) is 40.0 Å². The third kappa shape index (κ3) is 2.88. The van der Waals surface area contributed by atoms with Crippen LogP contribution in [0.15, 0.2) is 12.1 Å². The van der Waals surface area contributed by atoms with Gasteiger partial charge in [-0.05, 0) is 19.9 Å². The summed E-state index contributed by atoms with van der Waals surface area (Å²) in [6, 6.07) is 2.23. The Morgan fingerprint density at radius 2 is 1.67 bits per heavy atom. The third-order valence-corrected chi connectivity index (χ3v) is 5.41. The monoisotopic (exact) mass is 359 g/mol. The molecule has 0 aliphatic carbocycles. The van der Waals surface area contributed by atoms with Crippen molar-refractivity contribution in [3.8, 4) is 0 Å². The Balaban J connectivity index is 2.37. The molecule has 2 rings (SSSR count). The molecule has 24 heavy (non-hydrogen) atoms. The van der Waals surface area contributed by atoms with Crippen molar-refractivity contribution in [3.63, 3.8) is 0 Å². The van der Waals surface area contributed by atoms with E-state index in [2.05, 4.69) is 5.32 Å². The normalized spacial score (nSPS) is 15.9. The lowest BCUT2D eigenvalue weighted by Crippen LogP contribution is -2.41. The number of hydrogen-bond donors (Lipinski definition) is 1. The molecule has 0 bridgehead atoms. The van der Waals surface area contributed by atoms with E-state index in [1.807, 2.05) is 0 Å². The lowest BCUT2D eigenvalue weighted by Gasteiger charge is -2.23. The highest BCUT2D eigenvalue weighted by molar-refractivity contribution is 7.94. The van der Waals surface area contributed by atoms with Crippen molar-refractivity contribution >= 4 is 39.1 Å². The number of fused-ring (bicyclic) bond motifs is 1. The van der Waals surface area contributed by atoms with Crippen LogP contribution in [0.2, 0.25) is 0 Å². The summed E-state index contributed by atoms with van der Waals surface area (Å²) in [5.74, 6) is -2.21. The molecule has 0 radical (unpaired) electrons. The molecule has 1 aliphatic heterocycles. The lowest BCUT2D eigenvalue weighted by molar-refractivity contribution is -0.160. The quantitative estimate of drug-likeness (QED) is 0.819. The van der Waals surface area contributed by atoms with Gasteiger partial charge in [0.05, 0.1) is 17.1 Å². The molecule has 132 valence electrons. The van der Waals surface area contributed by atoms with Gasteiger partial charge in [-0.15, -0.1) is 0 Å². The number of halogens is 1. The number of ether oxygens (including phenoxy) is 1. The molecule has 0 aromatic heterocycles. The molecule has 0 spiro atoms. The van der Waals surface area contributed by atoms with Crippen LogP contribution in [0.4, 0.5) is 21.5 Å². The summed E-state index contributed by atoms with van der Waals surface area (Å²) in [5, 5.41) is 2.32. The minimum absolute atomic E-state index is 0.159. The number of nitrogens with one attached hydrogen (secondary N) is 1. The highest BCUT2D eigenvalue weighted by Crippen LogP contribution is 2.41. The van der Waals surface area contributed by atoms with Crippen molar-refractivity contribution in [2.45, 2.75) is 26.4 Å². The number of anilines is 3. The Morgan fingerprint density at radius 1 is 1.17 bits per heavy atom. The number of carbonyl (C=O) groups excluding carboxylic acids is 2. The van der Waals surface area contributed by atoms with E-state index < -0.39 is 33.5 Å². The predicted octanol–water partition coefficient (Wildman–Crippen LogP) is 1.24. The van der Waals surface area contributed by atoms with E-state index in [-0.39, 0.29) is 17.1 Å². The van der Waals surface area contributed by atoms with E-state index in [0.717, 1.165) is 21.6 Å². The summed E-state index contributed by atoms with van der Waals surface area (Å²) in [5.41, 5.74) is -1.34. The molecule has 1 aliphatic rings. The van der Waals surface area contributed by atoms with Gasteiger partial charge in [0.25, 0.3) is 5.91 Å². The Labute approximate surface area is 139 Å². The summed E-state index contributed by atoms with van der Waals surface area (Å²) in [7, 11) is -1.12. The highest BCUT2D eigenvalue weighted by atomic mass is 32.2. The Hall–Kier alpha value is -2.36. The fourth-order valence-corrected chi connectivity index (χ4v) is 3.42. The van der Waals surface area contributed by atoms with E-state index in [0.29, 0.717) is 0 Å². The number of rotatable bonds is 3. The maximum absolute atomic E-state index is 14.2. The zero-order chi connectivity index (χ0) is 18.4. The standard InChI is InChI=1S/C14H18FN3O5S/c1-8(19)23-14(2,3)13(20)16-10-7-12-11(6-9(10)15)17(4)24(21,22)18(12)5/h6-7H,1-5H3,(H,16,20). The second-order valence-electron chi connectivity index (χ2n) is 5.82. The van der Waals surface area contributed by atoms with Gasteiger partial charge in [0, 0.05) is 27.1 Å². The molecule has 0 unspecified atom stereocenters. The van der Waals surface area contributed by atoms with Crippen molar-refractivity contribution in [1.29, 1.82) is 0 Å². The van der Waals surface area contributed by atoms with Crippen molar-refractivity contribution < 1.29 is 27.1 Å². The number of benzene rings is 1. The van der Waals surface area contributed by atoms with Gasteiger partial charge in [-0.2, -0.15) is 8.42 Å². The van der Waals surface area contributed by atoms with Gasteiger partial charge in [0.2, 0.25) is 0 Å². The van der Waals surface area contributed by atoms with Crippen molar-refractivity contribution in [2.75, 3.05) is 28.0 Å². The summed E-state index contributed by atoms with van der Waals surface area (Å²) < 4.78 is 45.2. The number of carbonyl (C=O) groups is 2. The minimum Gasteiger partial charge on any atom is -0.450 e. The number of nitrogens with zero attached hydrogens (tertiary/aromatic N) is 2. The van der Waals surface area contributed by atoms with Gasteiger partial charge < -0.3 is 10.1 Å². The van der Waals surface area contributed by atoms with Crippen LogP contribution in [0.1, 0.15) is 20.8 Å². The molecule has 1 heterocycles. The van der Waals surface area contributed by atoms with E-state index in [1.165, 1.54) is 34.0 Å². The zero-order valence-corrected chi connectivity index (χ0v) is 14.7. The molecular weight excluding hydrogens is 341 g/mol. The average Bonchev–Trinajstić information content (AvgIpc) is 2.60. The fraction of sp³-hybridized carbons (Fsp3) is 0.429. The second kappa shape index (κ2) is 5.62. The van der Waals surface area contributed by atoms with Crippen LogP contribution in [0.5, 0.6) is 0 Å². The first kappa shape index (κ1) is 18.0. The number of amides is 1. The largest absolute Gasteiger partial charge is 0.450 e. The van der Waals surface area contributed by atoms with Gasteiger partial charge >= 0.3 is 16.2 Å². The predicted molar refractivity (Wildman–Crippen MR) is 86.6 cm³/mol. The van der Waals surface area contributed by atoms with Gasteiger partial charge in [0.1, 0.15) is 5.82 Å². The first-order chi connectivity index (χ1) is 10.9. The van der Waals surface area contributed by atoms with Crippen LogP contribution in [0.25, 0.3) is 0 Å². The van der Waals surface area contributed by atoms with Crippen molar-refractivity contribution in [1.82, 2.24) is 0 Å². The summed E-state index contributed by atoms with van der Waals surface area (Å²) >= 11 is 0. The van der Waals surface area contributed by atoms with Crippen LogP contribution in [-0.2, 0) is 24.5 Å². The number of hydrogen-bond acceptors (Lipinski definition) is 5. The molecule has 0 fully saturated rings. The molecule has 1 aromatic carbocycles. The molecule has 0 saturated carbocycles. The number of esters is 1. The second-order valence-corrected chi connectivity index (χ2v) is 7.81. The van der Waals surface area contributed by atoms with Crippen LogP contribution < -0.4 is 13.9 Å². The maximum atomic E-state index is 14.2. The molecular formula is C14H18FN3O5S. The highest BCUT2D eigenvalue weighted by Gasteiger charge is 2.37. The minimum atomic E-state index is -3.75. The topological polar surface area (TPSA) is 96.0 Å². The molecule has 0 saturated heterocycles. The van der Waals surface area contributed by atoms with E-state index in [4.69, 9.17) is 4.74 Å². The van der Waals surface area contributed by atoms with E-state index >= 15 is 0 Å². The first-order valence-corrected chi connectivity index (χ1v) is 8.35. The third-order valence-electron chi connectivity index (χ3n) is 3.63. The maximum Gasteiger partial charge on any atom is 0.326 e. The van der Waals surface area contributed by atoms with Gasteiger partial charge in [-0.25, -0.2) is 4.39 Å². The summed E-state index contributed by atoms with van der Waals surface area (Å²) in [4.78, 5) is 23.2. The van der Waals surface area contributed by atoms with Crippen molar-refractivity contribution in [3.05, 3.63) is 17.9 Å². The molecule has 8 nitrogen and oxygen atoms in total. The Kier molecular flexibility index (Phi) is 4.21. The van der Waals surface area contributed by atoms with Gasteiger partial charge in [-0.3, -0.25) is 18.2 Å². The first-order valence-electron chi connectivity index (χ1n) is 6.95. The molecule has 1 aromatic rings. The molecule has 1 N–H and O–H groups in total. The Bertz CT molecular complexity index is 822. The van der Waals surface area contributed by atoms with E-state index in [1.54, 1.807) is 0 Å². The van der Waals surface area contributed by atoms with E-state index in [9.17, 15) is 22.4 Å². The van der Waals surface area contributed by atoms with Gasteiger partial charge in [0.15, 0.2) is 5.60 Å². The van der Waals surface area contributed by atoms with Crippen LogP contribution in [0, 0.1) is 5.82 Å². The molecule has 0 atom stereocenters. The smallest absolute Gasteiger partial charge is 0.326 e. The fourth-order valence-electron chi connectivity index (χ4n) is 2.26. The summed E-state index contributed by atoms with van der Waals surface area (Å²) in [6.45, 7) is 3.87. The molecule has 10 heteroatoms. The van der Waals surface area contributed by atoms with Crippen LogP contribution >= 0.6 is 0 Å². The lowest BCUT2D eigenvalue weighted by atomic mass is 10.1. The summed E-state index contributed by atoms with van der Waals surface area (Å²) in [6.07, 6.45) is 0. The SMILES string of the molecule is CC(=O)OC(C)(C)C(=O)Nc1cc2c(cc1F)N(C)S(=O)(=O)N2C. The van der Waals surface area contributed by atoms with Crippen molar-refractivity contribution in [2.24, 2.45) is 0 Å². The van der Waals surface area contributed by atoms with Gasteiger partial charge in [-0.1, -0.05) is 0 Å².